The normalized spacial score (nSPS) is 18.5. The number of rotatable bonds is 7. The van der Waals surface area contributed by atoms with Gasteiger partial charge in [0, 0.05) is 13.2 Å². The third-order valence-electron chi connectivity index (χ3n) is 4.50. The van der Waals surface area contributed by atoms with Gasteiger partial charge in [-0.15, -0.1) is 0 Å². The van der Waals surface area contributed by atoms with E-state index in [9.17, 15) is 0 Å². The number of nitrogens with one attached hydrogen (secondary N) is 1. The summed E-state index contributed by atoms with van der Waals surface area (Å²) in [6.45, 7) is 3.03. The molecule has 1 unspecified atom stereocenters. The second-order valence-corrected chi connectivity index (χ2v) is 5.61. The van der Waals surface area contributed by atoms with Crippen LogP contribution in [0, 0.1) is 0 Å². The molecule has 1 saturated carbocycles. The van der Waals surface area contributed by atoms with Crippen molar-refractivity contribution in [1.82, 2.24) is 5.32 Å². The van der Waals surface area contributed by atoms with Crippen LogP contribution in [-0.2, 0) is 4.74 Å². The summed E-state index contributed by atoms with van der Waals surface area (Å²) in [6.07, 6.45) is 4.61. The number of hydrogen-bond donors (Lipinski definition) is 1. The summed E-state index contributed by atoms with van der Waals surface area (Å²) < 4.78 is 16.8. The molecular weight excluding hydrogens is 266 g/mol. The van der Waals surface area contributed by atoms with Crippen LogP contribution < -0.4 is 14.8 Å². The van der Waals surface area contributed by atoms with E-state index in [4.69, 9.17) is 14.2 Å². The summed E-state index contributed by atoms with van der Waals surface area (Å²) >= 11 is 0. The minimum Gasteiger partial charge on any atom is -0.497 e. The lowest BCUT2D eigenvalue weighted by atomic mass is 9.86. The molecule has 1 aromatic rings. The van der Waals surface area contributed by atoms with Crippen LogP contribution in [0.15, 0.2) is 18.2 Å². The fraction of sp³-hybridized carbons (Fsp3) is 0.647. The van der Waals surface area contributed by atoms with Crippen LogP contribution in [0.1, 0.15) is 44.2 Å². The highest BCUT2D eigenvalue weighted by molar-refractivity contribution is 5.41. The first-order valence-corrected chi connectivity index (χ1v) is 7.70. The molecule has 0 bridgehead atoms. The van der Waals surface area contributed by atoms with Crippen molar-refractivity contribution < 1.29 is 14.2 Å². The Bertz CT molecular complexity index is 433. The van der Waals surface area contributed by atoms with Crippen LogP contribution in [0.2, 0.25) is 0 Å². The number of benzene rings is 1. The molecule has 0 spiro atoms. The molecule has 1 N–H and O–H groups in total. The van der Waals surface area contributed by atoms with E-state index < -0.39 is 0 Å². The van der Waals surface area contributed by atoms with Gasteiger partial charge >= 0.3 is 0 Å². The molecule has 0 saturated heterocycles. The predicted octanol–water partition coefficient (Wildman–Crippen LogP) is 3.31. The zero-order valence-electron chi connectivity index (χ0n) is 13.6. The third kappa shape index (κ3) is 3.33. The Morgan fingerprint density at radius 2 is 1.62 bits per heavy atom. The SMILES string of the molecule is CCNC(c1cc(OC)cc(OC)c1)C1(OC)CCCC1. The van der Waals surface area contributed by atoms with Gasteiger partial charge in [0.05, 0.1) is 25.9 Å². The first-order valence-electron chi connectivity index (χ1n) is 7.70. The lowest BCUT2D eigenvalue weighted by Crippen LogP contribution is -2.43. The van der Waals surface area contributed by atoms with Gasteiger partial charge in [-0.05, 0) is 37.1 Å². The summed E-state index contributed by atoms with van der Waals surface area (Å²) in [4.78, 5) is 0. The monoisotopic (exact) mass is 293 g/mol. The van der Waals surface area contributed by atoms with E-state index in [1.54, 1.807) is 14.2 Å². The highest BCUT2D eigenvalue weighted by atomic mass is 16.5. The quantitative estimate of drug-likeness (QED) is 0.837. The molecule has 2 rings (SSSR count). The fourth-order valence-corrected chi connectivity index (χ4v) is 3.39. The largest absolute Gasteiger partial charge is 0.497 e. The van der Waals surface area contributed by atoms with E-state index in [0.29, 0.717) is 0 Å². The Morgan fingerprint density at radius 3 is 2.05 bits per heavy atom. The van der Waals surface area contributed by atoms with Crippen LogP contribution in [0.5, 0.6) is 11.5 Å². The standard InChI is InChI=1S/C17H27NO3/c1-5-18-16(17(21-4)8-6-7-9-17)13-10-14(19-2)12-15(11-13)20-3/h10-12,16,18H,5-9H2,1-4H3. The van der Waals surface area contributed by atoms with Crippen LogP contribution >= 0.6 is 0 Å². The second-order valence-electron chi connectivity index (χ2n) is 5.61. The molecule has 21 heavy (non-hydrogen) atoms. The van der Waals surface area contributed by atoms with Crippen LogP contribution in [0.4, 0.5) is 0 Å². The maximum absolute atomic E-state index is 5.97. The van der Waals surface area contributed by atoms with Gasteiger partial charge in [-0.2, -0.15) is 0 Å². The maximum Gasteiger partial charge on any atom is 0.122 e. The summed E-state index contributed by atoms with van der Waals surface area (Å²) in [5, 5.41) is 3.60. The maximum atomic E-state index is 5.97. The number of ether oxygens (including phenoxy) is 3. The van der Waals surface area contributed by atoms with Gasteiger partial charge in [0.25, 0.3) is 0 Å². The van der Waals surface area contributed by atoms with Crippen LogP contribution in [0.3, 0.4) is 0 Å². The van der Waals surface area contributed by atoms with Gasteiger partial charge in [-0.25, -0.2) is 0 Å². The van der Waals surface area contributed by atoms with Gasteiger partial charge in [0.1, 0.15) is 11.5 Å². The minimum absolute atomic E-state index is 0.132. The summed E-state index contributed by atoms with van der Waals surface area (Å²) in [7, 11) is 5.19. The molecule has 1 aromatic carbocycles. The molecule has 0 aromatic heterocycles. The van der Waals surface area contributed by atoms with E-state index in [-0.39, 0.29) is 11.6 Å². The summed E-state index contributed by atoms with van der Waals surface area (Å²) in [5.41, 5.74) is 1.03. The topological polar surface area (TPSA) is 39.7 Å². The van der Waals surface area contributed by atoms with E-state index in [1.165, 1.54) is 12.8 Å². The molecule has 0 amide bonds. The molecule has 118 valence electrons. The smallest absolute Gasteiger partial charge is 0.122 e. The van der Waals surface area contributed by atoms with Crippen molar-refractivity contribution in [3.63, 3.8) is 0 Å². The molecule has 1 aliphatic rings. The van der Waals surface area contributed by atoms with Crippen molar-refractivity contribution in [2.75, 3.05) is 27.9 Å². The van der Waals surface area contributed by atoms with Crippen molar-refractivity contribution in [2.45, 2.75) is 44.2 Å². The van der Waals surface area contributed by atoms with Crippen molar-refractivity contribution >= 4 is 0 Å². The van der Waals surface area contributed by atoms with Gasteiger partial charge < -0.3 is 19.5 Å². The average Bonchev–Trinajstić information content (AvgIpc) is 3.01. The van der Waals surface area contributed by atoms with Crippen molar-refractivity contribution in [2.24, 2.45) is 0 Å². The molecule has 1 aliphatic carbocycles. The minimum atomic E-state index is -0.132. The predicted molar refractivity (Wildman–Crippen MR) is 84.2 cm³/mol. The van der Waals surface area contributed by atoms with Gasteiger partial charge in [-0.3, -0.25) is 0 Å². The number of methoxy groups -OCH3 is 3. The zero-order valence-corrected chi connectivity index (χ0v) is 13.6. The molecular formula is C17H27NO3. The Kier molecular flexibility index (Phi) is 5.48. The number of hydrogen-bond acceptors (Lipinski definition) is 4. The van der Waals surface area contributed by atoms with Gasteiger partial charge in [0.15, 0.2) is 0 Å². The summed E-state index contributed by atoms with van der Waals surface area (Å²) in [5.74, 6) is 1.63. The van der Waals surface area contributed by atoms with E-state index >= 15 is 0 Å². The van der Waals surface area contributed by atoms with E-state index in [1.807, 2.05) is 13.2 Å². The Morgan fingerprint density at radius 1 is 1.05 bits per heavy atom. The third-order valence-corrected chi connectivity index (χ3v) is 4.50. The fourth-order valence-electron chi connectivity index (χ4n) is 3.39. The van der Waals surface area contributed by atoms with E-state index in [2.05, 4.69) is 24.4 Å². The Hall–Kier alpha value is -1.26. The van der Waals surface area contributed by atoms with E-state index in [0.717, 1.165) is 36.4 Å². The molecule has 1 fully saturated rings. The van der Waals surface area contributed by atoms with Gasteiger partial charge in [0.2, 0.25) is 0 Å². The highest BCUT2D eigenvalue weighted by Gasteiger charge is 2.42. The molecule has 4 heteroatoms. The highest BCUT2D eigenvalue weighted by Crippen LogP contribution is 2.43. The molecule has 1 atom stereocenters. The lowest BCUT2D eigenvalue weighted by molar-refractivity contribution is -0.0364. The van der Waals surface area contributed by atoms with Crippen LogP contribution in [-0.4, -0.2) is 33.5 Å². The molecule has 0 heterocycles. The summed E-state index contributed by atoms with van der Waals surface area (Å²) in [6, 6.07) is 6.21. The average molecular weight is 293 g/mol. The van der Waals surface area contributed by atoms with Crippen molar-refractivity contribution in [3.05, 3.63) is 23.8 Å². The van der Waals surface area contributed by atoms with Crippen LogP contribution in [0.25, 0.3) is 0 Å². The van der Waals surface area contributed by atoms with Crippen molar-refractivity contribution in [1.29, 1.82) is 0 Å². The van der Waals surface area contributed by atoms with Gasteiger partial charge in [-0.1, -0.05) is 19.8 Å². The second kappa shape index (κ2) is 7.14. The molecule has 0 aliphatic heterocycles. The Balaban J connectivity index is 2.41. The molecule has 0 radical (unpaired) electrons. The Labute approximate surface area is 127 Å². The lowest BCUT2D eigenvalue weighted by Gasteiger charge is -2.37. The first kappa shape index (κ1) is 16.1. The molecule has 4 nitrogen and oxygen atoms in total. The first-order chi connectivity index (χ1) is 10.2. The number of likely N-dealkylation sites (N-methyl/N-ethyl adjacent to an activating group) is 1. The zero-order chi connectivity index (χ0) is 15.3. The van der Waals surface area contributed by atoms with Crippen molar-refractivity contribution in [3.8, 4) is 11.5 Å².